The van der Waals surface area contributed by atoms with Crippen molar-refractivity contribution in [3.05, 3.63) is 35.7 Å². The van der Waals surface area contributed by atoms with E-state index in [1.807, 2.05) is 18.2 Å². The highest BCUT2D eigenvalue weighted by molar-refractivity contribution is 5.44. The van der Waals surface area contributed by atoms with E-state index in [1.54, 1.807) is 12.2 Å². The quantitative estimate of drug-likeness (QED) is 0.716. The van der Waals surface area contributed by atoms with Crippen molar-refractivity contribution in [2.45, 2.75) is 24.9 Å². The van der Waals surface area contributed by atoms with Gasteiger partial charge in [-0.05, 0) is 31.1 Å². The summed E-state index contributed by atoms with van der Waals surface area (Å²) >= 11 is 0. The van der Waals surface area contributed by atoms with Crippen LogP contribution in [0.4, 0.5) is 0 Å². The fraction of sp³-hybridized carbons (Fsp3) is 0.500. The van der Waals surface area contributed by atoms with Gasteiger partial charge in [-0.15, -0.1) is 0 Å². The Bertz CT molecular complexity index is 402. The molecule has 98 valence electrons. The average Bonchev–Trinajstić information content (AvgIpc) is 3.20. The zero-order chi connectivity index (χ0) is 12.8. The Labute approximate surface area is 107 Å². The summed E-state index contributed by atoms with van der Waals surface area (Å²) in [5.74, 6) is 0.241. The summed E-state index contributed by atoms with van der Waals surface area (Å²) in [5, 5.41) is 17.9. The normalized spacial score (nSPS) is 20.2. The van der Waals surface area contributed by atoms with Gasteiger partial charge in [-0.1, -0.05) is 12.1 Å². The molecule has 1 aromatic heterocycles. The van der Waals surface area contributed by atoms with Crippen molar-refractivity contribution in [3.63, 3.8) is 0 Å². The van der Waals surface area contributed by atoms with Crippen molar-refractivity contribution in [1.82, 2.24) is 4.98 Å². The first-order valence-electron chi connectivity index (χ1n) is 6.30. The molecule has 0 spiro atoms. The van der Waals surface area contributed by atoms with Crippen LogP contribution in [0.2, 0.25) is 0 Å². The standard InChI is InChI=1S/C14H19NO3/c16-7-2-4-12-3-1-5-14(15-12)11(6-8-17)9-13-10-18-13/h1-5,11,13,16-17H,6-10H2. The van der Waals surface area contributed by atoms with Crippen LogP contribution in [-0.4, -0.2) is 41.1 Å². The molecule has 2 atom stereocenters. The average molecular weight is 249 g/mol. The minimum absolute atomic E-state index is 0.0158. The van der Waals surface area contributed by atoms with E-state index in [2.05, 4.69) is 4.98 Å². The van der Waals surface area contributed by atoms with E-state index in [-0.39, 0.29) is 19.1 Å². The van der Waals surface area contributed by atoms with Gasteiger partial charge in [0.1, 0.15) is 0 Å². The molecule has 18 heavy (non-hydrogen) atoms. The third-order valence-electron chi connectivity index (χ3n) is 3.03. The number of aliphatic hydroxyl groups is 2. The second-order valence-electron chi connectivity index (χ2n) is 4.47. The fourth-order valence-corrected chi connectivity index (χ4v) is 2.03. The molecule has 2 unspecified atom stereocenters. The Morgan fingerprint density at radius 1 is 1.44 bits per heavy atom. The zero-order valence-corrected chi connectivity index (χ0v) is 10.3. The number of hydrogen-bond acceptors (Lipinski definition) is 4. The number of aliphatic hydroxyl groups excluding tert-OH is 2. The predicted octanol–water partition coefficient (Wildman–Crippen LogP) is 1.34. The summed E-state index contributed by atoms with van der Waals surface area (Å²) in [6.45, 7) is 1.00. The van der Waals surface area contributed by atoms with Crippen LogP contribution in [-0.2, 0) is 4.74 Å². The molecule has 2 N–H and O–H groups in total. The largest absolute Gasteiger partial charge is 0.396 e. The SMILES string of the molecule is OCC=Cc1cccc(C(CCO)CC2CO2)n1. The monoisotopic (exact) mass is 249 g/mol. The van der Waals surface area contributed by atoms with E-state index >= 15 is 0 Å². The third kappa shape index (κ3) is 3.91. The lowest BCUT2D eigenvalue weighted by atomic mass is 9.95. The summed E-state index contributed by atoms with van der Waals surface area (Å²) in [6.07, 6.45) is 5.42. The van der Waals surface area contributed by atoms with Gasteiger partial charge < -0.3 is 14.9 Å². The minimum atomic E-state index is 0.0158. The van der Waals surface area contributed by atoms with Gasteiger partial charge in [0, 0.05) is 18.2 Å². The molecular formula is C14H19NO3. The number of pyridine rings is 1. The number of rotatable bonds is 7. The van der Waals surface area contributed by atoms with Crippen LogP contribution < -0.4 is 0 Å². The summed E-state index contributed by atoms with van der Waals surface area (Å²) in [6, 6.07) is 5.84. The van der Waals surface area contributed by atoms with Crippen LogP contribution in [0.25, 0.3) is 6.08 Å². The lowest BCUT2D eigenvalue weighted by Gasteiger charge is -2.14. The molecule has 1 aliphatic heterocycles. The highest BCUT2D eigenvalue weighted by Crippen LogP contribution is 2.29. The molecule has 1 saturated heterocycles. The first-order chi connectivity index (χ1) is 8.83. The number of nitrogens with zero attached hydrogens (tertiary/aromatic N) is 1. The van der Waals surface area contributed by atoms with Crippen molar-refractivity contribution in [1.29, 1.82) is 0 Å². The van der Waals surface area contributed by atoms with Crippen molar-refractivity contribution in [2.75, 3.05) is 19.8 Å². The van der Waals surface area contributed by atoms with E-state index in [4.69, 9.17) is 14.9 Å². The van der Waals surface area contributed by atoms with Gasteiger partial charge in [0.05, 0.1) is 25.0 Å². The maximum absolute atomic E-state index is 9.13. The van der Waals surface area contributed by atoms with Crippen LogP contribution in [0.15, 0.2) is 24.3 Å². The van der Waals surface area contributed by atoms with E-state index in [1.165, 1.54) is 0 Å². The lowest BCUT2D eigenvalue weighted by molar-refractivity contribution is 0.265. The van der Waals surface area contributed by atoms with Crippen molar-refractivity contribution < 1.29 is 14.9 Å². The van der Waals surface area contributed by atoms with Crippen molar-refractivity contribution >= 4 is 6.08 Å². The molecule has 4 nitrogen and oxygen atoms in total. The second-order valence-corrected chi connectivity index (χ2v) is 4.47. The Balaban J connectivity index is 2.09. The highest BCUT2D eigenvalue weighted by atomic mass is 16.6. The van der Waals surface area contributed by atoms with Gasteiger partial charge in [0.15, 0.2) is 0 Å². The molecule has 0 amide bonds. The van der Waals surface area contributed by atoms with Crippen molar-refractivity contribution in [2.24, 2.45) is 0 Å². The molecule has 2 heterocycles. The van der Waals surface area contributed by atoms with Gasteiger partial charge in [-0.25, -0.2) is 0 Å². The third-order valence-corrected chi connectivity index (χ3v) is 3.03. The number of epoxide rings is 1. The van der Waals surface area contributed by atoms with Gasteiger partial charge >= 0.3 is 0 Å². The van der Waals surface area contributed by atoms with Crippen LogP contribution in [0.5, 0.6) is 0 Å². The predicted molar refractivity (Wildman–Crippen MR) is 69.2 cm³/mol. The van der Waals surface area contributed by atoms with Crippen LogP contribution in [0.1, 0.15) is 30.1 Å². The van der Waals surface area contributed by atoms with E-state index in [0.717, 1.165) is 24.4 Å². The van der Waals surface area contributed by atoms with Gasteiger partial charge in [0.2, 0.25) is 0 Å². The number of hydrogen-bond donors (Lipinski definition) is 2. The molecule has 1 aliphatic rings. The smallest absolute Gasteiger partial charge is 0.0816 e. The van der Waals surface area contributed by atoms with Crippen LogP contribution in [0.3, 0.4) is 0 Å². The first-order valence-corrected chi connectivity index (χ1v) is 6.30. The Kier molecular flexibility index (Phi) is 4.87. The molecule has 1 aromatic rings. The van der Waals surface area contributed by atoms with Crippen LogP contribution in [0, 0.1) is 0 Å². The summed E-state index contributed by atoms with van der Waals surface area (Å²) in [7, 11) is 0. The maximum Gasteiger partial charge on any atom is 0.0816 e. The highest BCUT2D eigenvalue weighted by Gasteiger charge is 2.27. The van der Waals surface area contributed by atoms with Gasteiger partial charge in [-0.3, -0.25) is 4.98 Å². The summed E-state index contributed by atoms with van der Waals surface area (Å²) in [5.41, 5.74) is 1.82. The van der Waals surface area contributed by atoms with E-state index in [9.17, 15) is 0 Å². The molecule has 0 radical (unpaired) electrons. The summed E-state index contributed by atoms with van der Waals surface area (Å²) in [4.78, 5) is 4.55. The van der Waals surface area contributed by atoms with Gasteiger partial charge in [-0.2, -0.15) is 0 Å². The second kappa shape index (κ2) is 6.64. The first kappa shape index (κ1) is 13.2. The Morgan fingerprint density at radius 2 is 2.28 bits per heavy atom. The zero-order valence-electron chi connectivity index (χ0n) is 10.3. The van der Waals surface area contributed by atoms with Crippen LogP contribution >= 0.6 is 0 Å². The molecule has 4 heteroatoms. The Hall–Kier alpha value is -1.23. The fourth-order valence-electron chi connectivity index (χ4n) is 2.03. The molecule has 0 bridgehead atoms. The number of aromatic nitrogens is 1. The molecule has 0 aromatic carbocycles. The molecule has 1 fully saturated rings. The molecule has 2 rings (SSSR count). The van der Waals surface area contributed by atoms with E-state index in [0.29, 0.717) is 12.5 Å². The topological polar surface area (TPSA) is 65.9 Å². The summed E-state index contributed by atoms with van der Waals surface area (Å²) < 4.78 is 5.25. The van der Waals surface area contributed by atoms with E-state index < -0.39 is 0 Å². The maximum atomic E-state index is 9.13. The minimum Gasteiger partial charge on any atom is -0.396 e. The number of ether oxygens (including phenoxy) is 1. The molecular weight excluding hydrogens is 230 g/mol. The van der Waals surface area contributed by atoms with Crippen molar-refractivity contribution in [3.8, 4) is 0 Å². The van der Waals surface area contributed by atoms with Gasteiger partial charge in [0.25, 0.3) is 0 Å². The Morgan fingerprint density at radius 3 is 2.94 bits per heavy atom. The molecule has 0 saturated carbocycles. The molecule has 0 aliphatic carbocycles. The lowest BCUT2D eigenvalue weighted by Crippen LogP contribution is -2.07.